The molecule has 0 aliphatic heterocycles. The van der Waals surface area contributed by atoms with Gasteiger partial charge in [0.05, 0.1) is 12.6 Å². The largest absolute Gasteiger partial charge is 0.324 e. The lowest BCUT2D eigenvalue weighted by atomic mass is 10.6. The summed E-state index contributed by atoms with van der Waals surface area (Å²) in [4.78, 5) is 0. The van der Waals surface area contributed by atoms with E-state index in [2.05, 4.69) is 16.3 Å². The van der Waals surface area contributed by atoms with Gasteiger partial charge in [-0.1, -0.05) is 11.8 Å². The van der Waals surface area contributed by atoms with Crippen LogP contribution in [0.1, 0.15) is 19.2 Å². The van der Waals surface area contributed by atoms with Gasteiger partial charge in [0.15, 0.2) is 5.16 Å². The Balaban J connectivity index is 2.67. The highest BCUT2D eigenvalue weighted by atomic mass is 32.2. The van der Waals surface area contributed by atoms with E-state index in [-0.39, 0.29) is 0 Å². The number of hydrogen-bond acceptors (Lipinski definition) is 5. The summed E-state index contributed by atoms with van der Waals surface area (Å²) in [7, 11) is 0. The molecule has 6 heteroatoms. The average molecular weight is 211 g/mol. The minimum absolute atomic E-state index is 0.402. The Kier molecular flexibility index (Phi) is 4.43. The molecule has 1 rings (SSSR count). The maximum atomic E-state index is 8.40. The smallest absolute Gasteiger partial charge is 0.191 e. The monoisotopic (exact) mass is 211 g/mol. The van der Waals surface area contributed by atoms with Gasteiger partial charge in [0.2, 0.25) is 0 Å². The zero-order valence-corrected chi connectivity index (χ0v) is 8.92. The molecule has 5 nitrogen and oxygen atoms in total. The third-order valence-electron chi connectivity index (χ3n) is 1.74. The van der Waals surface area contributed by atoms with Crippen LogP contribution in [0, 0.1) is 11.3 Å². The molecular formula is C8H13N5S. The van der Waals surface area contributed by atoms with Crippen molar-refractivity contribution in [2.75, 3.05) is 5.75 Å². The normalized spacial score (nSPS) is 10.1. The number of nitrogens with two attached hydrogens (primary N) is 1. The van der Waals surface area contributed by atoms with Crippen LogP contribution in [-0.4, -0.2) is 20.5 Å². The fourth-order valence-corrected chi connectivity index (χ4v) is 1.95. The summed E-state index contributed by atoms with van der Waals surface area (Å²) in [6, 6.07) is 2.09. The second-order valence-electron chi connectivity index (χ2n) is 2.60. The molecule has 0 spiro atoms. The van der Waals surface area contributed by atoms with Gasteiger partial charge in [-0.3, -0.25) is 0 Å². The molecule has 0 aromatic carbocycles. The van der Waals surface area contributed by atoms with Crippen LogP contribution in [0.5, 0.6) is 0 Å². The summed E-state index contributed by atoms with van der Waals surface area (Å²) >= 11 is 1.54. The first-order chi connectivity index (χ1) is 6.83. The van der Waals surface area contributed by atoms with E-state index < -0.39 is 0 Å². The fraction of sp³-hybridized carbons (Fsp3) is 0.625. The van der Waals surface area contributed by atoms with E-state index in [4.69, 9.17) is 11.0 Å². The molecule has 2 N–H and O–H groups in total. The van der Waals surface area contributed by atoms with E-state index in [1.54, 1.807) is 11.8 Å². The zero-order valence-electron chi connectivity index (χ0n) is 8.10. The second kappa shape index (κ2) is 5.62. The van der Waals surface area contributed by atoms with Crippen molar-refractivity contribution in [2.24, 2.45) is 5.73 Å². The van der Waals surface area contributed by atoms with E-state index in [0.29, 0.717) is 13.0 Å². The van der Waals surface area contributed by atoms with Gasteiger partial charge in [-0.25, -0.2) is 0 Å². The molecule has 1 aromatic heterocycles. The van der Waals surface area contributed by atoms with E-state index in [0.717, 1.165) is 23.3 Å². The number of aromatic nitrogens is 3. The van der Waals surface area contributed by atoms with E-state index in [1.165, 1.54) is 0 Å². The van der Waals surface area contributed by atoms with Crippen LogP contribution in [0.2, 0.25) is 0 Å². The van der Waals surface area contributed by atoms with Crippen LogP contribution in [0.3, 0.4) is 0 Å². The van der Waals surface area contributed by atoms with Crippen LogP contribution in [0.15, 0.2) is 5.16 Å². The van der Waals surface area contributed by atoms with Crippen LogP contribution in [0.4, 0.5) is 0 Å². The first-order valence-electron chi connectivity index (χ1n) is 4.45. The van der Waals surface area contributed by atoms with Crippen molar-refractivity contribution in [1.29, 1.82) is 5.26 Å². The lowest BCUT2D eigenvalue weighted by Crippen LogP contribution is -2.08. The van der Waals surface area contributed by atoms with E-state index >= 15 is 0 Å². The lowest BCUT2D eigenvalue weighted by molar-refractivity contribution is 0.643. The lowest BCUT2D eigenvalue weighted by Gasteiger charge is -2.04. The molecule has 0 radical (unpaired) electrons. The minimum Gasteiger partial charge on any atom is -0.324 e. The zero-order chi connectivity index (χ0) is 10.4. The highest BCUT2D eigenvalue weighted by Crippen LogP contribution is 2.17. The number of nitrogens with zero attached hydrogens (tertiary/aromatic N) is 4. The predicted octanol–water partition coefficient (Wildman–Crippen LogP) is 0.762. The molecule has 0 atom stereocenters. The Morgan fingerprint density at radius 3 is 2.93 bits per heavy atom. The molecular weight excluding hydrogens is 198 g/mol. The second-order valence-corrected chi connectivity index (χ2v) is 3.67. The first kappa shape index (κ1) is 11.0. The summed E-state index contributed by atoms with van der Waals surface area (Å²) in [5.74, 6) is 1.55. The Morgan fingerprint density at radius 1 is 1.57 bits per heavy atom. The van der Waals surface area contributed by atoms with Crippen molar-refractivity contribution < 1.29 is 0 Å². The maximum absolute atomic E-state index is 8.40. The van der Waals surface area contributed by atoms with Gasteiger partial charge < -0.3 is 10.3 Å². The third-order valence-corrected chi connectivity index (χ3v) is 2.71. The molecule has 0 aliphatic carbocycles. The van der Waals surface area contributed by atoms with Gasteiger partial charge in [-0.15, -0.1) is 10.2 Å². The molecule has 1 heterocycles. The van der Waals surface area contributed by atoms with Gasteiger partial charge in [0.25, 0.3) is 0 Å². The summed E-state index contributed by atoms with van der Waals surface area (Å²) < 4.78 is 1.97. The van der Waals surface area contributed by atoms with Gasteiger partial charge in [0.1, 0.15) is 5.82 Å². The van der Waals surface area contributed by atoms with Crippen LogP contribution >= 0.6 is 11.8 Å². The maximum Gasteiger partial charge on any atom is 0.191 e. The summed E-state index contributed by atoms with van der Waals surface area (Å²) in [6.07, 6.45) is 0.527. The molecule has 0 saturated heterocycles. The van der Waals surface area contributed by atoms with Crippen LogP contribution < -0.4 is 5.73 Å². The molecule has 76 valence electrons. The first-order valence-corrected chi connectivity index (χ1v) is 5.44. The van der Waals surface area contributed by atoms with Crippen LogP contribution in [-0.2, 0) is 13.1 Å². The summed E-state index contributed by atoms with van der Waals surface area (Å²) in [6.45, 7) is 3.24. The predicted molar refractivity (Wildman–Crippen MR) is 54.5 cm³/mol. The van der Waals surface area contributed by atoms with Crippen molar-refractivity contribution >= 4 is 11.8 Å². The molecule has 1 aromatic rings. The van der Waals surface area contributed by atoms with Crippen molar-refractivity contribution in [1.82, 2.24) is 14.8 Å². The molecule has 0 fully saturated rings. The fourth-order valence-electron chi connectivity index (χ4n) is 1.08. The average Bonchev–Trinajstić information content (AvgIpc) is 2.60. The van der Waals surface area contributed by atoms with Gasteiger partial charge >= 0.3 is 0 Å². The van der Waals surface area contributed by atoms with Crippen molar-refractivity contribution in [3.63, 3.8) is 0 Å². The van der Waals surface area contributed by atoms with Crippen LogP contribution in [0.25, 0.3) is 0 Å². The van der Waals surface area contributed by atoms with Gasteiger partial charge in [-0.2, -0.15) is 5.26 Å². The summed E-state index contributed by atoms with van der Waals surface area (Å²) in [5.41, 5.74) is 5.51. The Hall–Kier alpha value is -1.06. The highest BCUT2D eigenvalue weighted by Gasteiger charge is 2.08. The Labute approximate surface area is 87.3 Å². The molecule has 14 heavy (non-hydrogen) atoms. The van der Waals surface area contributed by atoms with Crippen molar-refractivity contribution in [3.8, 4) is 6.07 Å². The number of thioether (sulfide) groups is 1. The standard InChI is InChI=1S/C8H13N5S/c1-2-13-7(6-10)11-12-8(13)14-5-3-4-9/h2-3,5-6,10H2,1H3. The summed E-state index contributed by atoms with van der Waals surface area (Å²) in [5, 5.41) is 17.2. The van der Waals surface area contributed by atoms with Gasteiger partial charge in [-0.05, 0) is 6.92 Å². The SMILES string of the molecule is CCn1c(CN)nnc1SCCC#N. The van der Waals surface area contributed by atoms with Crippen molar-refractivity contribution in [3.05, 3.63) is 5.82 Å². The molecule has 0 amide bonds. The molecule has 0 aliphatic rings. The minimum atomic E-state index is 0.402. The van der Waals surface area contributed by atoms with E-state index in [1.807, 2.05) is 11.5 Å². The third kappa shape index (κ3) is 2.47. The van der Waals surface area contributed by atoms with Gasteiger partial charge in [0, 0.05) is 18.7 Å². The van der Waals surface area contributed by atoms with Crippen molar-refractivity contribution in [2.45, 2.75) is 31.6 Å². The number of hydrogen-bond donors (Lipinski definition) is 1. The number of rotatable bonds is 5. The topological polar surface area (TPSA) is 80.5 Å². The quantitative estimate of drug-likeness (QED) is 0.574. The molecule has 0 unspecified atom stereocenters. The Bertz CT molecular complexity index is 327. The molecule has 0 saturated carbocycles. The number of nitriles is 1. The Morgan fingerprint density at radius 2 is 2.36 bits per heavy atom. The van der Waals surface area contributed by atoms with E-state index in [9.17, 15) is 0 Å². The molecule has 0 bridgehead atoms. The highest BCUT2D eigenvalue weighted by molar-refractivity contribution is 7.99.